The number of anilines is 1. The molecule has 0 aliphatic heterocycles. The molecule has 0 atom stereocenters. The molecule has 1 aromatic carbocycles. The molecule has 17 heavy (non-hydrogen) atoms. The van der Waals surface area contributed by atoms with Crippen LogP contribution in [0, 0.1) is 12.7 Å². The van der Waals surface area contributed by atoms with Crippen LogP contribution in [0.5, 0.6) is 0 Å². The molecule has 1 N–H and O–H groups in total. The monoisotopic (exact) mass is 294 g/mol. The van der Waals surface area contributed by atoms with Crippen molar-refractivity contribution < 1.29 is 4.39 Å². The van der Waals surface area contributed by atoms with Crippen molar-refractivity contribution in [3.8, 4) is 0 Å². The predicted octanol–water partition coefficient (Wildman–Crippen LogP) is 3.90. The highest BCUT2D eigenvalue weighted by molar-refractivity contribution is 9.10. The van der Waals surface area contributed by atoms with Crippen LogP contribution in [-0.4, -0.2) is 4.98 Å². The summed E-state index contributed by atoms with van der Waals surface area (Å²) in [6.07, 6.45) is 0. The van der Waals surface area contributed by atoms with Crippen LogP contribution in [0.15, 0.2) is 40.9 Å². The lowest BCUT2D eigenvalue weighted by molar-refractivity contribution is 0.628. The van der Waals surface area contributed by atoms with Crippen LogP contribution in [0.25, 0.3) is 0 Å². The Bertz CT molecular complexity index is 529. The number of nitrogens with one attached hydrogen (secondary N) is 1. The van der Waals surface area contributed by atoms with Crippen LogP contribution in [0.4, 0.5) is 10.1 Å². The lowest BCUT2D eigenvalue weighted by Crippen LogP contribution is -2.03. The molecule has 1 heterocycles. The lowest BCUT2D eigenvalue weighted by atomic mass is 10.3. The average molecular weight is 295 g/mol. The molecule has 0 saturated carbocycles. The van der Waals surface area contributed by atoms with E-state index in [9.17, 15) is 4.39 Å². The van der Waals surface area contributed by atoms with E-state index in [0.29, 0.717) is 6.54 Å². The first kappa shape index (κ1) is 12.0. The van der Waals surface area contributed by atoms with Gasteiger partial charge in [0.1, 0.15) is 5.82 Å². The third-order valence-electron chi connectivity index (χ3n) is 2.33. The largest absolute Gasteiger partial charge is 0.378 e. The van der Waals surface area contributed by atoms with E-state index in [1.165, 1.54) is 12.1 Å². The molecule has 88 valence electrons. The summed E-state index contributed by atoms with van der Waals surface area (Å²) in [7, 11) is 0. The van der Waals surface area contributed by atoms with E-state index in [1.54, 1.807) is 6.07 Å². The Morgan fingerprint density at radius 2 is 2.12 bits per heavy atom. The van der Waals surface area contributed by atoms with Gasteiger partial charge in [0.25, 0.3) is 0 Å². The number of rotatable bonds is 3. The van der Waals surface area contributed by atoms with Crippen molar-refractivity contribution >= 4 is 21.6 Å². The maximum absolute atomic E-state index is 13.1. The molecular weight excluding hydrogens is 283 g/mol. The molecular formula is C13H12BrFN2. The molecule has 0 unspecified atom stereocenters. The number of aryl methyl sites for hydroxylation is 1. The van der Waals surface area contributed by atoms with Gasteiger partial charge in [0, 0.05) is 10.2 Å². The number of aromatic nitrogens is 1. The molecule has 2 rings (SSSR count). The molecule has 0 saturated heterocycles. The highest BCUT2D eigenvalue weighted by Gasteiger charge is 2.02. The maximum Gasteiger partial charge on any atom is 0.125 e. The van der Waals surface area contributed by atoms with Gasteiger partial charge in [0.15, 0.2) is 0 Å². The number of hydrogen-bond donors (Lipinski definition) is 1. The fraction of sp³-hybridized carbons (Fsp3) is 0.154. The van der Waals surface area contributed by atoms with E-state index < -0.39 is 0 Å². The van der Waals surface area contributed by atoms with Gasteiger partial charge in [0.2, 0.25) is 0 Å². The van der Waals surface area contributed by atoms with Crippen molar-refractivity contribution in [1.29, 1.82) is 0 Å². The molecule has 4 heteroatoms. The standard InChI is InChI=1S/C13H12BrFN2/c1-9-3-2-4-11(17-9)8-16-13-7-10(15)5-6-12(13)14/h2-7,16H,8H2,1H3. The third-order valence-corrected chi connectivity index (χ3v) is 3.03. The Morgan fingerprint density at radius 3 is 2.88 bits per heavy atom. The minimum absolute atomic E-state index is 0.257. The van der Waals surface area contributed by atoms with Crippen molar-refractivity contribution in [2.45, 2.75) is 13.5 Å². The average Bonchev–Trinajstić information content (AvgIpc) is 2.30. The summed E-state index contributed by atoms with van der Waals surface area (Å²) in [4.78, 5) is 4.37. The molecule has 0 radical (unpaired) electrons. The smallest absolute Gasteiger partial charge is 0.125 e. The fourth-order valence-corrected chi connectivity index (χ4v) is 1.90. The Balaban J connectivity index is 2.09. The predicted molar refractivity (Wildman–Crippen MR) is 70.4 cm³/mol. The minimum Gasteiger partial charge on any atom is -0.378 e. The summed E-state index contributed by atoms with van der Waals surface area (Å²) in [6, 6.07) is 10.4. The Labute approximate surface area is 108 Å². The number of hydrogen-bond acceptors (Lipinski definition) is 2. The van der Waals surface area contributed by atoms with E-state index in [1.807, 2.05) is 25.1 Å². The van der Waals surface area contributed by atoms with Crippen LogP contribution in [0.1, 0.15) is 11.4 Å². The minimum atomic E-state index is -0.257. The summed E-state index contributed by atoms with van der Waals surface area (Å²) in [5, 5.41) is 3.15. The highest BCUT2D eigenvalue weighted by Crippen LogP contribution is 2.23. The second-order valence-electron chi connectivity index (χ2n) is 3.75. The molecule has 2 nitrogen and oxygen atoms in total. The first-order valence-corrected chi connectivity index (χ1v) is 6.06. The van der Waals surface area contributed by atoms with Gasteiger partial charge in [-0.05, 0) is 53.2 Å². The van der Waals surface area contributed by atoms with E-state index in [-0.39, 0.29) is 5.82 Å². The Kier molecular flexibility index (Phi) is 3.74. The number of nitrogens with zero attached hydrogens (tertiary/aromatic N) is 1. The van der Waals surface area contributed by atoms with Crippen LogP contribution < -0.4 is 5.32 Å². The fourth-order valence-electron chi connectivity index (χ4n) is 1.52. The molecule has 0 fully saturated rings. The van der Waals surface area contributed by atoms with Crippen molar-refractivity contribution in [3.63, 3.8) is 0 Å². The van der Waals surface area contributed by atoms with Crippen molar-refractivity contribution in [1.82, 2.24) is 4.98 Å². The lowest BCUT2D eigenvalue weighted by Gasteiger charge is -2.08. The Hall–Kier alpha value is -1.42. The van der Waals surface area contributed by atoms with Crippen LogP contribution in [0.3, 0.4) is 0 Å². The topological polar surface area (TPSA) is 24.9 Å². The van der Waals surface area contributed by atoms with Crippen molar-refractivity contribution in [3.05, 3.63) is 58.1 Å². The first-order valence-electron chi connectivity index (χ1n) is 5.26. The zero-order valence-electron chi connectivity index (χ0n) is 9.37. The van der Waals surface area contributed by atoms with Crippen LogP contribution in [0.2, 0.25) is 0 Å². The molecule has 0 aliphatic rings. The highest BCUT2D eigenvalue weighted by atomic mass is 79.9. The molecule has 2 aromatic rings. The summed E-state index contributed by atoms with van der Waals surface area (Å²) < 4.78 is 13.9. The number of pyridine rings is 1. The first-order chi connectivity index (χ1) is 8.15. The van der Waals surface area contributed by atoms with Crippen LogP contribution >= 0.6 is 15.9 Å². The Morgan fingerprint density at radius 1 is 1.29 bits per heavy atom. The molecule has 0 amide bonds. The van der Waals surface area contributed by atoms with Gasteiger partial charge in [-0.1, -0.05) is 6.07 Å². The third kappa shape index (κ3) is 3.27. The van der Waals surface area contributed by atoms with Gasteiger partial charge in [0.05, 0.1) is 17.9 Å². The summed E-state index contributed by atoms with van der Waals surface area (Å²) in [6.45, 7) is 2.52. The van der Waals surface area contributed by atoms with Gasteiger partial charge in [-0.25, -0.2) is 4.39 Å². The van der Waals surface area contributed by atoms with Gasteiger partial charge in [-0.15, -0.1) is 0 Å². The molecule has 0 aliphatic carbocycles. The van der Waals surface area contributed by atoms with Crippen molar-refractivity contribution in [2.75, 3.05) is 5.32 Å². The summed E-state index contributed by atoms with van der Waals surface area (Å²) >= 11 is 3.37. The van der Waals surface area contributed by atoms with E-state index >= 15 is 0 Å². The number of halogens is 2. The molecule has 0 spiro atoms. The van der Waals surface area contributed by atoms with Crippen molar-refractivity contribution in [2.24, 2.45) is 0 Å². The zero-order valence-corrected chi connectivity index (χ0v) is 11.0. The van der Waals surface area contributed by atoms with Gasteiger partial charge in [-0.3, -0.25) is 4.98 Å². The molecule has 1 aromatic heterocycles. The SMILES string of the molecule is Cc1cccc(CNc2cc(F)ccc2Br)n1. The molecule has 0 bridgehead atoms. The van der Waals surface area contributed by atoms with E-state index in [0.717, 1.165) is 21.5 Å². The quantitative estimate of drug-likeness (QED) is 0.928. The summed E-state index contributed by atoms with van der Waals surface area (Å²) in [5.41, 5.74) is 2.64. The maximum atomic E-state index is 13.1. The normalized spacial score (nSPS) is 10.3. The second-order valence-corrected chi connectivity index (χ2v) is 4.60. The van der Waals surface area contributed by atoms with Gasteiger partial charge >= 0.3 is 0 Å². The zero-order chi connectivity index (χ0) is 12.3. The second kappa shape index (κ2) is 5.27. The number of benzene rings is 1. The van der Waals surface area contributed by atoms with Gasteiger partial charge < -0.3 is 5.32 Å². The van der Waals surface area contributed by atoms with Gasteiger partial charge in [-0.2, -0.15) is 0 Å². The summed E-state index contributed by atoms with van der Waals surface area (Å²) in [5.74, 6) is -0.257. The van der Waals surface area contributed by atoms with E-state index in [4.69, 9.17) is 0 Å². The van der Waals surface area contributed by atoms with E-state index in [2.05, 4.69) is 26.2 Å². The van der Waals surface area contributed by atoms with Crippen LogP contribution in [-0.2, 0) is 6.54 Å².